The fraction of sp³-hybridized carbons (Fsp3) is 0.263. The second-order valence-electron chi connectivity index (χ2n) is 5.71. The van der Waals surface area contributed by atoms with Crippen LogP contribution in [0.5, 0.6) is 5.75 Å². The van der Waals surface area contributed by atoms with Gasteiger partial charge in [0.1, 0.15) is 21.5 Å². The molecule has 26 heavy (non-hydrogen) atoms. The van der Waals surface area contributed by atoms with Gasteiger partial charge in [-0.15, -0.1) is 11.3 Å². The lowest BCUT2D eigenvalue weighted by Gasteiger charge is -2.07. The van der Waals surface area contributed by atoms with Crippen molar-refractivity contribution in [2.24, 2.45) is 0 Å². The van der Waals surface area contributed by atoms with Crippen molar-refractivity contribution >= 4 is 28.6 Å². The lowest BCUT2D eigenvalue weighted by molar-refractivity contribution is 0.0955. The number of benzene rings is 1. The van der Waals surface area contributed by atoms with Gasteiger partial charge in [0, 0.05) is 17.5 Å². The van der Waals surface area contributed by atoms with Gasteiger partial charge in [-0.05, 0) is 55.5 Å². The minimum atomic E-state index is -0.277. The molecule has 1 aromatic carbocycles. The van der Waals surface area contributed by atoms with Crippen molar-refractivity contribution in [2.75, 3.05) is 13.2 Å². The molecule has 0 aliphatic heterocycles. The number of carbonyl (C=O) groups excluding carboxylic acids is 1. The van der Waals surface area contributed by atoms with Crippen LogP contribution in [-0.4, -0.2) is 24.0 Å². The van der Waals surface area contributed by atoms with E-state index in [2.05, 4.69) is 10.3 Å². The summed E-state index contributed by atoms with van der Waals surface area (Å²) in [5.41, 5.74) is 1.81. The Hall–Kier alpha value is -2.25. The quantitative estimate of drug-likeness (QED) is 0.556. The van der Waals surface area contributed by atoms with Gasteiger partial charge >= 0.3 is 0 Å². The molecule has 0 aliphatic carbocycles. The first-order chi connectivity index (χ1) is 12.6. The fourth-order valence-electron chi connectivity index (χ4n) is 2.35. The van der Waals surface area contributed by atoms with Crippen molar-refractivity contribution in [3.63, 3.8) is 0 Å². The first-order valence-electron chi connectivity index (χ1n) is 8.30. The van der Waals surface area contributed by atoms with E-state index in [9.17, 15) is 9.18 Å². The smallest absolute Gasteiger partial charge is 0.263 e. The zero-order chi connectivity index (χ0) is 18.4. The number of thiazole rings is 1. The van der Waals surface area contributed by atoms with E-state index in [1.165, 1.54) is 23.5 Å². The average Bonchev–Trinajstić information content (AvgIpc) is 3.29. The molecule has 0 bridgehead atoms. The Balaban J connectivity index is 1.40. The van der Waals surface area contributed by atoms with Crippen molar-refractivity contribution in [3.05, 3.63) is 57.5 Å². The molecule has 0 radical (unpaired) electrons. The molecule has 3 aromatic rings. The van der Waals surface area contributed by atoms with Crippen LogP contribution in [0.1, 0.15) is 28.2 Å². The molecule has 4 nitrogen and oxygen atoms in total. The molecule has 2 heterocycles. The van der Waals surface area contributed by atoms with Gasteiger partial charge < -0.3 is 10.1 Å². The van der Waals surface area contributed by atoms with E-state index >= 15 is 0 Å². The number of ether oxygens (including phenoxy) is 1. The van der Waals surface area contributed by atoms with Gasteiger partial charge in [0.25, 0.3) is 5.91 Å². The van der Waals surface area contributed by atoms with Crippen LogP contribution in [0.15, 0.2) is 41.1 Å². The topological polar surface area (TPSA) is 51.2 Å². The van der Waals surface area contributed by atoms with Gasteiger partial charge in [-0.1, -0.05) is 0 Å². The molecule has 0 unspecified atom stereocenters. The van der Waals surface area contributed by atoms with E-state index in [1.54, 1.807) is 23.5 Å². The number of carbonyl (C=O) groups is 1. The van der Waals surface area contributed by atoms with Crippen molar-refractivity contribution in [1.29, 1.82) is 0 Å². The molecule has 1 N–H and O–H groups in total. The van der Waals surface area contributed by atoms with Crippen LogP contribution in [0.25, 0.3) is 10.6 Å². The molecule has 0 fully saturated rings. The number of aryl methyl sites for hydroxylation is 1. The average molecular weight is 391 g/mol. The molecule has 3 rings (SSSR count). The molecule has 0 spiro atoms. The molecular weight excluding hydrogens is 371 g/mol. The molecule has 136 valence electrons. The Morgan fingerprint density at radius 1 is 1.23 bits per heavy atom. The van der Waals surface area contributed by atoms with Gasteiger partial charge in [0.15, 0.2) is 0 Å². The molecule has 7 heteroatoms. The van der Waals surface area contributed by atoms with Crippen LogP contribution >= 0.6 is 22.7 Å². The minimum absolute atomic E-state index is 0.0825. The van der Waals surface area contributed by atoms with Crippen LogP contribution < -0.4 is 10.1 Å². The normalized spacial score (nSPS) is 10.7. The molecule has 2 aromatic heterocycles. The predicted molar refractivity (Wildman–Crippen MR) is 104 cm³/mol. The number of aromatic nitrogens is 1. The van der Waals surface area contributed by atoms with E-state index in [0.29, 0.717) is 23.8 Å². The number of nitrogens with zero attached hydrogens (tertiary/aromatic N) is 1. The molecule has 0 aliphatic rings. The lowest BCUT2D eigenvalue weighted by atomic mass is 10.3. The summed E-state index contributed by atoms with van der Waals surface area (Å²) in [6.45, 7) is 2.97. The summed E-state index contributed by atoms with van der Waals surface area (Å²) < 4.78 is 18.3. The van der Waals surface area contributed by atoms with Gasteiger partial charge in [0.2, 0.25) is 0 Å². The van der Waals surface area contributed by atoms with E-state index in [0.717, 1.165) is 29.1 Å². The maximum Gasteiger partial charge on any atom is 0.263 e. The summed E-state index contributed by atoms with van der Waals surface area (Å²) in [4.78, 5) is 17.5. The van der Waals surface area contributed by atoms with Gasteiger partial charge in [-0.2, -0.15) is 11.3 Å². The Morgan fingerprint density at radius 2 is 2.04 bits per heavy atom. The first-order valence-corrected chi connectivity index (χ1v) is 10.1. The maximum absolute atomic E-state index is 12.8. The van der Waals surface area contributed by atoms with Crippen LogP contribution in [0.3, 0.4) is 0 Å². The SMILES string of the molecule is Cc1nc(-c2ccsc2)sc1C(=O)NCCCCOc1ccc(F)cc1. The molecular formula is C19H19FN2O2S2. The molecule has 0 saturated heterocycles. The van der Waals surface area contributed by atoms with Gasteiger partial charge in [0.05, 0.1) is 12.3 Å². The summed E-state index contributed by atoms with van der Waals surface area (Å²) in [7, 11) is 0. The largest absolute Gasteiger partial charge is 0.494 e. The molecule has 0 saturated carbocycles. The summed E-state index contributed by atoms with van der Waals surface area (Å²) in [6, 6.07) is 7.96. The summed E-state index contributed by atoms with van der Waals surface area (Å²) in [5, 5.41) is 7.84. The third-order valence-electron chi connectivity index (χ3n) is 3.71. The number of unbranched alkanes of at least 4 members (excludes halogenated alkanes) is 1. The number of hydrogen-bond acceptors (Lipinski definition) is 5. The second-order valence-corrected chi connectivity index (χ2v) is 7.49. The zero-order valence-electron chi connectivity index (χ0n) is 14.3. The summed E-state index contributed by atoms with van der Waals surface area (Å²) in [5.74, 6) is 0.290. The number of hydrogen-bond donors (Lipinski definition) is 1. The standard InChI is InChI=1S/C19H19FN2O2S2/c1-13-17(26-19(22-13)14-8-11-25-12-14)18(23)21-9-2-3-10-24-16-6-4-15(20)5-7-16/h4-8,11-12H,2-3,9-10H2,1H3,(H,21,23). The number of thiophene rings is 1. The minimum Gasteiger partial charge on any atom is -0.494 e. The van der Waals surface area contributed by atoms with Crippen molar-refractivity contribution < 1.29 is 13.9 Å². The van der Waals surface area contributed by atoms with E-state index in [1.807, 2.05) is 23.8 Å². The Kier molecular flexibility index (Phi) is 6.35. The van der Waals surface area contributed by atoms with E-state index in [4.69, 9.17) is 4.74 Å². The number of halogens is 1. The monoisotopic (exact) mass is 390 g/mol. The third-order valence-corrected chi connectivity index (χ3v) is 5.60. The van der Waals surface area contributed by atoms with Crippen LogP contribution in [0, 0.1) is 12.7 Å². The highest BCUT2D eigenvalue weighted by Crippen LogP contribution is 2.29. The van der Waals surface area contributed by atoms with Crippen LogP contribution in [0.2, 0.25) is 0 Å². The van der Waals surface area contributed by atoms with Gasteiger partial charge in [-0.3, -0.25) is 4.79 Å². The Morgan fingerprint density at radius 3 is 2.77 bits per heavy atom. The predicted octanol–water partition coefficient (Wildman–Crippen LogP) is 4.91. The Bertz CT molecular complexity index is 845. The first kappa shape index (κ1) is 18.5. The van der Waals surface area contributed by atoms with Crippen LogP contribution in [0.4, 0.5) is 4.39 Å². The van der Waals surface area contributed by atoms with Crippen molar-refractivity contribution in [3.8, 4) is 16.3 Å². The number of nitrogens with one attached hydrogen (secondary N) is 1. The van der Waals surface area contributed by atoms with E-state index < -0.39 is 0 Å². The second kappa shape index (κ2) is 8.91. The number of rotatable bonds is 8. The highest BCUT2D eigenvalue weighted by molar-refractivity contribution is 7.17. The zero-order valence-corrected chi connectivity index (χ0v) is 16.0. The third kappa shape index (κ3) is 4.89. The van der Waals surface area contributed by atoms with E-state index in [-0.39, 0.29) is 11.7 Å². The fourth-order valence-corrected chi connectivity index (χ4v) is 4.04. The Labute approximate surface area is 159 Å². The molecule has 1 amide bonds. The lowest BCUT2D eigenvalue weighted by Crippen LogP contribution is -2.24. The summed E-state index contributed by atoms with van der Waals surface area (Å²) in [6.07, 6.45) is 1.61. The van der Waals surface area contributed by atoms with Crippen LogP contribution in [-0.2, 0) is 0 Å². The molecule has 0 atom stereocenters. The maximum atomic E-state index is 12.8. The van der Waals surface area contributed by atoms with Crippen molar-refractivity contribution in [1.82, 2.24) is 10.3 Å². The van der Waals surface area contributed by atoms with Crippen molar-refractivity contribution in [2.45, 2.75) is 19.8 Å². The highest BCUT2D eigenvalue weighted by Gasteiger charge is 2.15. The number of amides is 1. The van der Waals surface area contributed by atoms with Gasteiger partial charge in [-0.25, -0.2) is 9.37 Å². The highest BCUT2D eigenvalue weighted by atomic mass is 32.1. The summed E-state index contributed by atoms with van der Waals surface area (Å²) >= 11 is 3.03.